The fourth-order valence-electron chi connectivity index (χ4n) is 6.45. The van der Waals surface area contributed by atoms with Crippen molar-refractivity contribution in [3.63, 3.8) is 0 Å². The Labute approximate surface area is 412 Å². The number of carbonyl (C=O) groups is 3. The van der Waals surface area contributed by atoms with Gasteiger partial charge in [0.15, 0.2) is 22.8 Å². The van der Waals surface area contributed by atoms with Crippen molar-refractivity contribution in [2.75, 3.05) is 37.8 Å². The van der Waals surface area contributed by atoms with Crippen LogP contribution in [0.25, 0.3) is 11.2 Å². The topological polar surface area (TPSA) is 469 Å². The third-order valence-electron chi connectivity index (χ3n) is 10.1. The molecule has 3 unspecified atom stereocenters. The van der Waals surface area contributed by atoms with Gasteiger partial charge in [0.25, 0.3) is 0 Å². The maximum Gasteiger partial charge on any atom is 0.481 e. The highest BCUT2D eigenvalue weighted by molar-refractivity contribution is 8.13. The van der Waals surface area contributed by atoms with Gasteiger partial charge in [0.1, 0.15) is 36.3 Å². The Morgan fingerprint density at radius 2 is 1.51 bits per heavy atom. The molecule has 27 nitrogen and oxygen atoms in total. The zero-order valence-corrected chi connectivity index (χ0v) is 43.5. The van der Waals surface area contributed by atoms with Crippen LogP contribution in [-0.2, 0) is 50.7 Å². The molecule has 7 atom stereocenters. The van der Waals surface area contributed by atoms with Crippen molar-refractivity contribution >= 4 is 69.1 Å². The second-order valence-corrected chi connectivity index (χ2v) is 21.7. The lowest BCUT2D eigenvalue weighted by Crippen LogP contribution is -2.46. The number of carbonyl (C=O) groups excluding carboxylic acids is 3. The molecule has 0 bridgehead atoms. The van der Waals surface area contributed by atoms with Crippen LogP contribution in [0.1, 0.15) is 110 Å². The van der Waals surface area contributed by atoms with Crippen molar-refractivity contribution in [1.82, 2.24) is 48.6 Å². The molecule has 1 fully saturated rings. The van der Waals surface area contributed by atoms with E-state index in [4.69, 9.17) is 19.5 Å². The van der Waals surface area contributed by atoms with E-state index >= 15 is 0 Å². The Hall–Kier alpha value is -3.08. The standard InChI is InChI=1S/C39H66N7O17P3S.3H3N/c1-4-5-6-7-8-9-10-11-12-13-14-15-16-17-18-19-30(48)67-23-22-41-29(47)20-21-42-37(51)34(50)39(2,3)25-60-66(57,58)63-65(55,56)59-24-28-33(62-64(52,53)54)32(49)38(61-28)46-27-45-31-35(40)43-26-44-36(31)46;;;/h8-9,11-12,26-28,32-34,38,49-50H,4-7,10,13-25H2,1-3H3,(H,41,47)(H,42,51)(H,55,56)(H,57,58)(H2,40,43,44)(H2,52,53,54);3*1H3/b9-8-,12-11-;;;/t28-,32+,33?,34+,38-;;;/m1.../s1. The number of aliphatic hydroxyl groups excluding tert-OH is 2. The highest BCUT2D eigenvalue weighted by atomic mass is 32.2. The molecule has 2 amide bonds. The number of aliphatic hydroxyl groups is 2. The lowest BCUT2D eigenvalue weighted by Gasteiger charge is -2.30. The average molecular weight is 1080 g/mol. The van der Waals surface area contributed by atoms with Gasteiger partial charge < -0.3 is 69.3 Å². The van der Waals surface area contributed by atoms with E-state index in [9.17, 15) is 57.9 Å². The van der Waals surface area contributed by atoms with E-state index in [-0.39, 0.29) is 60.1 Å². The molecule has 3 rings (SSSR count). The number of nitrogen functional groups attached to an aromatic ring is 1. The first-order valence-corrected chi connectivity index (χ1v) is 27.4. The Bertz CT molecular complexity index is 2100. The fraction of sp³-hybridized carbons (Fsp3) is 0.692. The van der Waals surface area contributed by atoms with E-state index in [2.05, 4.69) is 65.6 Å². The molecule has 404 valence electrons. The summed E-state index contributed by atoms with van der Waals surface area (Å²) in [5.41, 5.74) is 4.28. The molecule has 0 spiro atoms. The van der Waals surface area contributed by atoms with Crippen LogP contribution in [0.15, 0.2) is 37.0 Å². The summed E-state index contributed by atoms with van der Waals surface area (Å²) in [7, 11) is -16.4. The minimum atomic E-state index is -5.58. The fourth-order valence-corrected chi connectivity index (χ4v) is 10.00. The Balaban J connectivity index is 0.0000159. The highest BCUT2D eigenvalue weighted by Gasteiger charge is 2.50. The van der Waals surface area contributed by atoms with Crippen molar-refractivity contribution in [1.29, 1.82) is 0 Å². The second-order valence-electron chi connectivity index (χ2n) is 16.3. The van der Waals surface area contributed by atoms with Gasteiger partial charge in [-0.1, -0.05) is 88.9 Å². The molecule has 70 heavy (non-hydrogen) atoms. The number of imidazole rings is 1. The molecule has 2 aromatic heterocycles. The van der Waals surface area contributed by atoms with Crippen LogP contribution in [0.2, 0.25) is 0 Å². The predicted octanol–water partition coefficient (Wildman–Crippen LogP) is 4.96. The molecule has 0 aliphatic carbocycles. The van der Waals surface area contributed by atoms with Crippen molar-refractivity contribution in [2.24, 2.45) is 5.41 Å². The van der Waals surface area contributed by atoms with E-state index in [1.807, 2.05) is 0 Å². The lowest BCUT2D eigenvalue weighted by molar-refractivity contribution is -0.137. The molecule has 3 heterocycles. The van der Waals surface area contributed by atoms with E-state index in [1.165, 1.54) is 33.1 Å². The normalized spacial score (nSPS) is 19.4. The summed E-state index contributed by atoms with van der Waals surface area (Å²) in [6.45, 7) is 2.76. The third kappa shape index (κ3) is 24.6. The van der Waals surface area contributed by atoms with Gasteiger partial charge in [-0.3, -0.25) is 32.5 Å². The molecule has 19 N–H and O–H groups in total. The first-order chi connectivity index (χ1) is 31.6. The van der Waals surface area contributed by atoms with Gasteiger partial charge in [-0.25, -0.2) is 28.6 Å². The van der Waals surface area contributed by atoms with E-state index < -0.39 is 84.6 Å². The van der Waals surface area contributed by atoms with Gasteiger partial charge in [-0.05, 0) is 38.5 Å². The first kappa shape index (κ1) is 66.9. The minimum Gasteiger partial charge on any atom is -0.386 e. The monoisotopic (exact) mass is 1080 g/mol. The summed E-state index contributed by atoms with van der Waals surface area (Å²) in [5, 5.41) is 26.6. The van der Waals surface area contributed by atoms with Gasteiger partial charge in [-0.2, -0.15) is 4.31 Å². The van der Waals surface area contributed by atoms with Gasteiger partial charge in [0.2, 0.25) is 11.8 Å². The summed E-state index contributed by atoms with van der Waals surface area (Å²) in [5.74, 6) is -1.04. The van der Waals surface area contributed by atoms with Crippen molar-refractivity contribution in [3.05, 3.63) is 37.0 Å². The number of amides is 2. The number of unbranched alkanes of at least 4 members (excludes halogenated alkanes) is 8. The molecule has 2 aromatic rings. The number of nitrogens with two attached hydrogens (primary N) is 1. The number of nitrogens with one attached hydrogen (secondary N) is 2. The number of phosphoric ester groups is 3. The van der Waals surface area contributed by atoms with Gasteiger partial charge in [0.05, 0.1) is 19.5 Å². The smallest absolute Gasteiger partial charge is 0.386 e. The van der Waals surface area contributed by atoms with Crippen LogP contribution < -0.4 is 34.8 Å². The van der Waals surface area contributed by atoms with Crippen molar-refractivity contribution in [2.45, 2.75) is 135 Å². The molecule has 0 aromatic carbocycles. The Kier molecular flexibility index (Phi) is 31.4. The number of hydrogen-bond donors (Lipinski definition) is 12. The average Bonchev–Trinajstić information content (AvgIpc) is 3.81. The quantitative estimate of drug-likeness (QED) is 0.0255. The van der Waals surface area contributed by atoms with Crippen LogP contribution in [0.5, 0.6) is 0 Å². The zero-order chi connectivity index (χ0) is 49.7. The van der Waals surface area contributed by atoms with Crippen LogP contribution in [0.4, 0.5) is 5.82 Å². The molecule has 31 heteroatoms. The van der Waals surface area contributed by atoms with Crippen LogP contribution >= 0.6 is 35.2 Å². The van der Waals surface area contributed by atoms with Crippen molar-refractivity contribution in [3.8, 4) is 0 Å². The maximum absolute atomic E-state index is 12.7. The second kappa shape index (κ2) is 32.9. The van der Waals surface area contributed by atoms with Gasteiger partial charge in [0, 0.05) is 37.1 Å². The van der Waals surface area contributed by atoms with Crippen LogP contribution in [0, 0.1) is 5.41 Å². The van der Waals surface area contributed by atoms with Crippen LogP contribution in [-0.4, -0.2) is 123 Å². The zero-order valence-electron chi connectivity index (χ0n) is 40.0. The molecular formula is C39H75N10O17P3S. The van der Waals surface area contributed by atoms with Crippen molar-refractivity contribution < 1.29 is 80.5 Å². The third-order valence-corrected chi connectivity index (χ3v) is 14.1. The summed E-state index contributed by atoms with van der Waals surface area (Å²) < 4.78 is 62.4. The number of allylic oxidation sites excluding steroid dienone is 4. The number of rotatable bonds is 33. The Morgan fingerprint density at radius 1 is 0.886 bits per heavy atom. The predicted molar refractivity (Wildman–Crippen MR) is 262 cm³/mol. The number of fused-ring (bicyclic) bond motifs is 1. The molecule has 0 saturated carbocycles. The number of thioether (sulfide) groups is 1. The number of ether oxygens (including phenoxy) is 1. The first-order valence-electron chi connectivity index (χ1n) is 21.9. The summed E-state index contributed by atoms with van der Waals surface area (Å²) in [6, 6.07) is 0. The summed E-state index contributed by atoms with van der Waals surface area (Å²) in [6.07, 6.45) is 14.6. The Morgan fingerprint density at radius 3 is 2.17 bits per heavy atom. The van der Waals surface area contributed by atoms with E-state index in [0.717, 1.165) is 80.4 Å². The minimum absolute atomic E-state index is 0. The summed E-state index contributed by atoms with van der Waals surface area (Å²) >= 11 is 1.14. The molecule has 1 aliphatic heterocycles. The van der Waals surface area contributed by atoms with Gasteiger partial charge >= 0.3 is 23.5 Å². The molecular weight excluding hydrogens is 1010 g/mol. The largest absolute Gasteiger partial charge is 0.481 e. The number of hydrogen-bond acceptors (Lipinski definition) is 21. The lowest BCUT2D eigenvalue weighted by atomic mass is 9.87. The van der Waals surface area contributed by atoms with E-state index in [1.54, 1.807) is 0 Å². The van der Waals surface area contributed by atoms with Crippen LogP contribution in [0.3, 0.4) is 0 Å². The number of anilines is 1. The summed E-state index contributed by atoms with van der Waals surface area (Å²) in [4.78, 5) is 88.3. The molecule has 1 saturated heterocycles. The SMILES string of the molecule is CCCCC/C=C\C/C=C\CCCCCCCC(=O)SCCNC(=O)CCNC(=O)[C@H](O)C(C)(C)COP(=O)(O)OP(=O)(O)OC[C@H]1O[C@@H](n2cnc3c(N)ncnc32)[C@@H](O)C1OP(=O)(O)O.N.N.N. The molecule has 1 aliphatic rings. The highest BCUT2D eigenvalue weighted by Crippen LogP contribution is 2.61. The maximum atomic E-state index is 12.7. The van der Waals surface area contributed by atoms with Gasteiger partial charge in [-0.15, -0.1) is 0 Å². The molecule has 0 radical (unpaired) electrons. The number of nitrogens with zero attached hydrogens (tertiary/aromatic N) is 4. The van der Waals surface area contributed by atoms with E-state index in [0.29, 0.717) is 12.2 Å². The number of aromatic nitrogens is 4. The number of phosphoric acid groups is 3.